The van der Waals surface area contributed by atoms with Crippen molar-refractivity contribution < 1.29 is 23.5 Å². The van der Waals surface area contributed by atoms with E-state index in [0.717, 1.165) is 33.5 Å². The van der Waals surface area contributed by atoms with Crippen LogP contribution in [0.25, 0.3) is 17.0 Å². The van der Waals surface area contributed by atoms with Gasteiger partial charge >= 0.3 is 6.03 Å². The minimum Gasteiger partial charge on any atom is -0.394 e. The molecule has 0 bridgehead atoms. The number of carbonyl (C=O) groups excluding carboxylic acids is 2. The van der Waals surface area contributed by atoms with E-state index in [1.54, 1.807) is 18.3 Å². The molecule has 9 heteroatoms. The van der Waals surface area contributed by atoms with Crippen LogP contribution in [0.2, 0.25) is 5.02 Å². The van der Waals surface area contributed by atoms with Gasteiger partial charge in [-0.15, -0.1) is 0 Å². The Morgan fingerprint density at radius 3 is 2.67 bits per heavy atom. The van der Waals surface area contributed by atoms with Crippen molar-refractivity contribution in [1.82, 2.24) is 15.2 Å². The van der Waals surface area contributed by atoms with Gasteiger partial charge in [-0.25, -0.2) is 18.5 Å². The van der Waals surface area contributed by atoms with Gasteiger partial charge in [0.05, 0.1) is 18.2 Å². The summed E-state index contributed by atoms with van der Waals surface area (Å²) in [7, 11) is 0. The number of halogens is 3. The predicted molar refractivity (Wildman–Crippen MR) is 108 cm³/mol. The van der Waals surface area contributed by atoms with Crippen LogP contribution in [0.1, 0.15) is 22.7 Å². The van der Waals surface area contributed by atoms with Crippen LogP contribution < -0.4 is 5.32 Å². The number of H-pyrrole nitrogens is 1. The summed E-state index contributed by atoms with van der Waals surface area (Å²) in [6.07, 6.45) is 3.19. The maximum atomic E-state index is 13.6. The summed E-state index contributed by atoms with van der Waals surface area (Å²) in [5.74, 6) is -2.90. The first-order valence-electron chi connectivity index (χ1n) is 9.00. The summed E-state index contributed by atoms with van der Waals surface area (Å²) >= 11 is 6.13. The molecule has 6 nitrogen and oxygen atoms in total. The van der Waals surface area contributed by atoms with Gasteiger partial charge in [0.25, 0.3) is 5.91 Å². The van der Waals surface area contributed by atoms with E-state index in [1.807, 2.05) is 6.92 Å². The third-order valence-electron chi connectivity index (χ3n) is 5.10. The van der Waals surface area contributed by atoms with Crippen molar-refractivity contribution in [2.75, 3.05) is 6.61 Å². The Morgan fingerprint density at radius 2 is 1.97 bits per heavy atom. The quantitative estimate of drug-likeness (QED) is 0.430. The van der Waals surface area contributed by atoms with E-state index < -0.39 is 36.2 Å². The zero-order chi connectivity index (χ0) is 21.6. The molecular formula is C21H16ClF2N3O3. The highest BCUT2D eigenvalue weighted by Gasteiger charge is 2.39. The zero-order valence-corrected chi connectivity index (χ0v) is 16.4. The summed E-state index contributed by atoms with van der Waals surface area (Å²) in [6.45, 7) is 1.21. The van der Waals surface area contributed by atoms with Crippen LogP contribution >= 0.6 is 11.6 Å². The lowest BCUT2D eigenvalue weighted by Gasteiger charge is -2.23. The van der Waals surface area contributed by atoms with Gasteiger partial charge in [-0.2, -0.15) is 0 Å². The molecule has 0 radical (unpaired) electrons. The Bertz CT molecular complexity index is 1220. The molecule has 3 amide bonds. The topological polar surface area (TPSA) is 85.4 Å². The molecule has 0 spiro atoms. The number of urea groups is 1. The number of amides is 3. The van der Waals surface area contributed by atoms with Gasteiger partial charge < -0.3 is 15.4 Å². The molecule has 154 valence electrons. The number of benzene rings is 2. The SMILES string of the molecule is Cc1c(Cl)ccc2c(C=C3NC(=O)N(C(CO)c4ccc(F)c(F)c4)C3=O)c[nH]c12. The minimum atomic E-state index is -1.16. The Balaban J connectivity index is 1.70. The van der Waals surface area contributed by atoms with Crippen molar-refractivity contribution in [3.05, 3.63) is 75.6 Å². The number of rotatable bonds is 4. The van der Waals surface area contributed by atoms with E-state index in [2.05, 4.69) is 10.3 Å². The van der Waals surface area contributed by atoms with Gasteiger partial charge in [0.15, 0.2) is 11.6 Å². The maximum Gasteiger partial charge on any atom is 0.329 e. The number of hydrogen-bond acceptors (Lipinski definition) is 3. The highest BCUT2D eigenvalue weighted by molar-refractivity contribution is 6.32. The fraction of sp³-hybridized carbons (Fsp3) is 0.143. The maximum absolute atomic E-state index is 13.6. The highest BCUT2D eigenvalue weighted by atomic mass is 35.5. The van der Waals surface area contributed by atoms with Gasteiger partial charge in [0.2, 0.25) is 0 Å². The lowest BCUT2D eigenvalue weighted by Crippen LogP contribution is -2.36. The summed E-state index contributed by atoms with van der Waals surface area (Å²) in [5, 5.41) is 13.6. The molecular weight excluding hydrogens is 416 g/mol. The highest BCUT2D eigenvalue weighted by Crippen LogP contribution is 2.30. The largest absolute Gasteiger partial charge is 0.394 e. The number of aromatic amines is 1. The van der Waals surface area contributed by atoms with Crippen LogP contribution in [0.4, 0.5) is 13.6 Å². The average Bonchev–Trinajstić information content (AvgIpc) is 3.24. The number of hydrogen-bond donors (Lipinski definition) is 3. The predicted octanol–water partition coefficient (Wildman–Crippen LogP) is 4.03. The lowest BCUT2D eigenvalue weighted by molar-refractivity contribution is -0.125. The third kappa shape index (κ3) is 3.24. The first-order valence-corrected chi connectivity index (χ1v) is 9.38. The molecule has 1 aliphatic rings. The van der Waals surface area contributed by atoms with E-state index in [-0.39, 0.29) is 11.3 Å². The van der Waals surface area contributed by atoms with Gasteiger partial charge in [0, 0.05) is 22.2 Å². The van der Waals surface area contributed by atoms with Crippen LogP contribution in [-0.2, 0) is 4.79 Å². The fourth-order valence-corrected chi connectivity index (χ4v) is 3.66. The standard InChI is InChI=1S/C21H16ClF2N3O3/c1-10-14(22)4-3-13-12(8-25-19(10)13)7-17-20(29)27(21(30)26-17)18(9-28)11-2-5-15(23)16(24)6-11/h2-8,18,25,28H,9H2,1H3,(H,26,30). The van der Waals surface area contributed by atoms with Crippen molar-refractivity contribution in [3.8, 4) is 0 Å². The van der Waals surface area contributed by atoms with Crippen molar-refractivity contribution >= 4 is 40.5 Å². The second-order valence-corrected chi connectivity index (χ2v) is 7.28. The molecule has 1 saturated heterocycles. The van der Waals surface area contributed by atoms with E-state index in [9.17, 15) is 23.5 Å². The minimum absolute atomic E-state index is 0.00506. The molecule has 2 aromatic carbocycles. The van der Waals surface area contributed by atoms with Gasteiger partial charge in [-0.05, 0) is 42.3 Å². The van der Waals surface area contributed by atoms with Crippen molar-refractivity contribution in [2.24, 2.45) is 0 Å². The van der Waals surface area contributed by atoms with E-state index >= 15 is 0 Å². The number of imide groups is 1. The molecule has 0 aliphatic carbocycles. The Morgan fingerprint density at radius 1 is 1.20 bits per heavy atom. The Kier molecular flexibility index (Phi) is 5.05. The Labute approximate surface area is 174 Å². The molecule has 1 aromatic heterocycles. The molecule has 3 N–H and O–H groups in total. The molecule has 3 aromatic rings. The number of fused-ring (bicyclic) bond motifs is 1. The summed E-state index contributed by atoms with van der Waals surface area (Å²) in [4.78, 5) is 29.2. The third-order valence-corrected chi connectivity index (χ3v) is 5.51. The molecule has 1 fully saturated rings. The van der Waals surface area contributed by atoms with E-state index in [4.69, 9.17) is 11.6 Å². The van der Waals surface area contributed by atoms with Crippen LogP contribution in [0, 0.1) is 18.6 Å². The number of aromatic nitrogens is 1. The van der Waals surface area contributed by atoms with Gasteiger partial charge in [-0.1, -0.05) is 23.7 Å². The molecule has 1 atom stereocenters. The molecule has 4 rings (SSSR count). The first-order chi connectivity index (χ1) is 14.3. The summed E-state index contributed by atoms with van der Waals surface area (Å²) < 4.78 is 26.8. The zero-order valence-electron chi connectivity index (χ0n) is 15.7. The average molecular weight is 432 g/mol. The number of carbonyl (C=O) groups is 2. The molecule has 0 saturated carbocycles. The Hall–Kier alpha value is -3.23. The number of aliphatic hydroxyl groups excluding tert-OH is 1. The number of nitrogens with one attached hydrogen (secondary N) is 2. The molecule has 1 aliphatic heterocycles. The normalized spacial score (nSPS) is 16.6. The van der Waals surface area contributed by atoms with E-state index in [0.29, 0.717) is 10.6 Å². The first kappa shape index (κ1) is 20.1. The second kappa shape index (κ2) is 7.55. The number of nitrogens with zero attached hydrogens (tertiary/aromatic N) is 1. The van der Waals surface area contributed by atoms with Crippen molar-refractivity contribution in [1.29, 1.82) is 0 Å². The summed E-state index contributed by atoms with van der Waals surface area (Å²) in [6, 6.07) is 4.54. The van der Waals surface area contributed by atoms with Crippen LogP contribution in [0.15, 0.2) is 42.2 Å². The molecule has 2 heterocycles. The van der Waals surface area contributed by atoms with Crippen LogP contribution in [-0.4, -0.2) is 33.5 Å². The van der Waals surface area contributed by atoms with Crippen LogP contribution in [0.5, 0.6) is 0 Å². The van der Waals surface area contributed by atoms with Crippen LogP contribution in [0.3, 0.4) is 0 Å². The number of aliphatic hydroxyl groups is 1. The van der Waals surface area contributed by atoms with Crippen molar-refractivity contribution in [3.63, 3.8) is 0 Å². The molecule has 30 heavy (non-hydrogen) atoms. The molecule has 1 unspecified atom stereocenters. The summed E-state index contributed by atoms with van der Waals surface area (Å²) in [5.41, 5.74) is 2.40. The smallest absolute Gasteiger partial charge is 0.329 e. The monoisotopic (exact) mass is 431 g/mol. The fourth-order valence-electron chi connectivity index (χ4n) is 3.50. The second-order valence-electron chi connectivity index (χ2n) is 6.87. The van der Waals surface area contributed by atoms with E-state index in [1.165, 1.54) is 12.1 Å². The van der Waals surface area contributed by atoms with Gasteiger partial charge in [0.1, 0.15) is 5.70 Å². The van der Waals surface area contributed by atoms with Crippen molar-refractivity contribution in [2.45, 2.75) is 13.0 Å². The van der Waals surface area contributed by atoms with Gasteiger partial charge in [-0.3, -0.25) is 4.79 Å². The lowest BCUT2D eigenvalue weighted by atomic mass is 10.1. The number of aryl methyl sites for hydroxylation is 1.